The Hall–Kier alpha value is -2.31. The molecule has 0 saturated carbocycles. The second kappa shape index (κ2) is 8.18. The molecule has 0 unspecified atom stereocenters. The van der Waals surface area contributed by atoms with E-state index >= 15 is 0 Å². The Bertz CT molecular complexity index is 863. The first-order valence-electron chi connectivity index (χ1n) is 7.86. The third kappa shape index (κ3) is 4.03. The van der Waals surface area contributed by atoms with Crippen LogP contribution in [0.25, 0.3) is 11.3 Å². The number of carbonyl (C=O) groups excluding carboxylic acids is 1. The molecule has 4 nitrogen and oxygen atoms in total. The highest BCUT2D eigenvalue weighted by Crippen LogP contribution is 2.38. The van der Waals surface area contributed by atoms with E-state index in [0.29, 0.717) is 11.3 Å². The lowest BCUT2D eigenvalue weighted by molar-refractivity contribution is 0.102. The number of thiazole rings is 1. The normalized spacial score (nSPS) is 10.5. The number of carbonyl (C=O) groups is 1. The first-order valence-corrected chi connectivity index (χ1v) is 9.66. The molecule has 1 aromatic heterocycles. The maximum absolute atomic E-state index is 12.7. The van der Waals surface area contributed by atoms with Crippen molar-refractivity contribution in [1.29, 1.82) is 0 Å². The molecule has 1 heterocycles. The summed E-state index contributed by atoms with van der Waals surface area (Å²) in [7, 11) is 1.56. The number of rotatable bonds is 6. The van der Waals surface area contributed by atoms with E-state index in [0.717, 1.165) is 26.4 Å². The van der Waals surface area contributed by atoms with Crippen LogP contribution in [0.1, 0.15) is 17.3 Å². The second-order valence-electron chi connectivity index (χ2n) is 5.11. The quantitative estimate of drug-likeness (QED) is 0.607. The Labute approximate surface area is 155 Å². The molecule has 3 rings (SSSR count). The molecule has 0 saturated heterocycles. The third-order valence-electron chi connectivity index (χ3n) is 3.50. The number of hydrogen-bond donors (Lipinski definition) is 1. The smallest absolute Gasteiger partial charge is 0.260 e. The summed E-state index contributed by atoms with van der Waals surface area (Å²) in [6.07, 6.45) is 0. The maximum atomic E-state index is 12.7. The van der Waals surface area contributed by atoms with Crippen molar-refractivity contribution in [2.75, 3.05) is 18.2 Å². The van der Waals surface area contributed by atoms with Crippen molar-refractivity contribution in [3.05, 3.63) is 60.2 Å². The SMILES string of the molecule is CCSc1nc(-c2ccccc2)c(NC(=O)c2ccccc2OC)s1. The lowest BCUT2D eigenvalue weighted by Crippen LogP contribution is -2.12. The maximum Gasteiger partial charge on any atom is 0.260 e. The molecule has 0 radical (unpaired) electrons. The van der Waals surface area contributed by atoms with E-state index in [9.17, 15) is 4.79 Å². The van der Waals surface area contributed by atoms with Crippen molar-refractivity contribution >= 4 is 34.0 Å². The lowest BCUT2D eigenvalue weighted by Gasteiger charge is -2.09. The van der Waals surface area contributed by atoms with Gasteiger partial charge < -0.3 is 10.1 Å². The standard InChI is InChI=1S/C19H18N2O2S2/c1-3-24-19-20-16(13-9-5-4-6-10-13)18(25-19)21-17(22)14-11-7-8-12-15(14)23-2/h4-12H,3H2,1-2H3,(H,21,22). The Kier molecular flexibility index (Phi) is 5.73. The molecule has 25 heavy (non-hydrogen) atoms. The van der Waals surface area contributed by atoms with Crippen LogP contribution in [0, 0.1) is 0 Å². The van der Waals surface area contributed by atoms with Crippen LogP contribution in [0.15, 0.2) is 58.9 Å². The van der Waals surface area contributed by atoms with Crippen molar-refractivity contribution in [2.24, 2.45) is 0 Å². The zero-order valence-corrected chi connectivity index (χ0v) is 15.6. The summed E-state index contributed by atoms with van der Waals surface area (Å²) >= 11 is 3.16. The summed E-state index contributed by atoms with van der Waals surface area (Å²) in [5.74, 6) is 1.28. The van der Waals surface area contributed by atoms with Crippen molar-refractivity contribution in [3.8, 4) is 17.0 Å². The fourth-order valence-electron chi connectivity index (χ4n) is 2.36. The Morgan fingerprint density at radius 2 is 1.88 bits per heavy atom. The molecular weight excluding hydrogens is 352 g/mol. The number of nitrogens with zero attached hydrogens (tertiary/aromatic N) is 1. The largest absolute Gasteiger partial charge is 0.496 e. The van der Waals surface area contributed by atoms with Gasteiger partial charge in [0.15, 0.2) is 4.34 Å². The van der Waals surface area contributed by atoms with Gasteiger partial charge in [-0.15, -0.1) is 0 Å². The van der Waals surface area contributed by atoms with Crippen LogP contribution in [-0.4, -0.2) is 23.8 Å². The molecule has 0 bridgehead atoms. The van der Waals surface area contributed by atoms with Gasteiger partial charge in [-0.25, -0.2) is 4.98 Å². The molecule has 3 aromatic rings. The highest BCUT2D eigenvalue weighted by molar-refractivity contribution is 8.01. The van der Waals surface area contributed by atoms with Gasteiger partial charge in [0.2, 0.25) is 0 Å². The lowest BCUT2D eigenvalue weighted by atomic mass is 10.1. The summed E-state index contributed by atoms with van der Waals surface area (Å²) in [4.78, 5) is 17.4. The number of para-hydroxylation sites is 1. The fourth-order valence-corrected chi connectivity index (χ4v) is 4.32. The molecule has 1 N–H and O–H groups in total. The molecule has 1 amide bonds. The number of benzene rings is 2. The number of aromatic nitrogens is 1. The monoisotopic (exact) mass is 370 g/mol. The van der Waals surface area contributed by atoms with Gasteiger partial charge in [0, 0.05) is 5.56 Å². The second-order valence-corrected chi connectivity index (χ2v) is 7.62. The molecule has 0 spiro atoms. The van der Waals surface area contributed by atoms with E-state index < -0.39 is 0 Å². The van der Waals surface area contributed by atoms with Gasteiger partial charge >= 0.3 is 0 Å². The van der Waals surface area contributed by atoms with Crippen LogP contribution in [0.3, 0.4) is 0 Å². The van der Waals surface area contributed by atoms with E-state index in [1.54, 1.807) is 31.0 Å². The summed E-state index contributed by atoms with van der Waals surface area (Å²) in [6.45, 7) is 2.08. The molecular formula is C19H18N2O2S2. The van der Waals surface area contributed by atoms with E-state index in [2.05, 4.69) is 12.2 Å². The van der Waals surface area contributed by atoms with Crippen LogP contribution in [-0.2, 0) is 0 Å². The Morgan fingerprint density at radius 3 is 2.60 bits per heavy atom. The highest BCUT2D eigenvalue weighted by Gasteiger charge is 2.18. The number of nitrogens with one attached hydrogen (secondary N) is 1. The zero-order valence-electron chi connectivity index (χ0n) is 14.0. The minimum atomic E-state index is -0.202. The van der Waals surface area contributed by atoms with Gasteiger partial charge in [-0.2, -0.15) is 0 Å². The molecule has 0 aliphatic heterocycles. The van der Waals surface area contributed by atoms with E-state index in [1.165, 1.54) is 11.3 Å². The van der Waals surface area contributed by atoms with Gasteiger partial charge in [-0.1, -0.05) is 72.5 Å². The average Bonchev–Trinajstić information content (AvgIpc) is 3.05. The molecule has 2 aromatic carbocycles. The number of methoxy groups -OCH3 is 1. The molecule has 0 aliphatic rings. The Balaban J connectivity index is 1.95. The summed E-state index contributed by atoms with van der Waals surface area (Å²) in [5, 5.41) is 3.75. The van der Waals surface area contributed by atoms with Gasteiger partial charge in [0.05, 0.1) is 12.7 Å². The molecule has 128 valence electrons. The first kappa shape index (κ1) is 17.5. The molecule has 0 aliphatic carbocycles. The number of anilines is 1. The zero-order chi connectivity index (χ0) is 17.6. The summed E-state index contributed by atoms with van der Waals surface area (Å²) < 4.78 is 6.23. The van der Waals surface area contributed by atoms with Gasteiger partial charge in [-0.3, -0.25) is 4.79 Å². The van der Waals surface area contributed by atoms with Crippen molar-refractivity contribution in [2.45, 2.75) is 11.3 Å². The van der Waals surface area contributed by atoms with Crippen LogP contribution in [0.4, 0.5) is 5.00 Å². The Morgan fingerprint density at radius 1 is 1.16 bits per heavy atom. The predicted octanol–water partition coefficient (Wildman–Crippen LogP) is 5.18. The van der Waals surface area contributed by atoms with Crippen molar-refractivity contribution in [1.82, 2.24) is 4.98 Å². The van der Waals surface area contributed by atoms with Gasteiger partial charge in [0.1, 0.15) is 16.4 Å². The summed E-state index contributed by atoms with van der Waals surface area (Å²) in [5.41, 5.74) is 2.28. The minimum Gasteiger partial charge on any atom is -0.496 e. The number of amides is 1. The third-order valence-corrected chi connectivity index (χ3v) is 5.50. The van der Waals surface area contributed by atoms with Crippen LogP contribution < -0.4 is 10.1 Å². The van der Waals surface area contributed by atoms with Crippen molar-refractivity contribution < 1.29 is 9.53 Å². The van der Waals surface area contributed by atoms with Gasteiger partial charge in [0.25, 0.3) is 5.91 Å². The van der Waals surface area contributed by atoms with E-state index in [-0.39, 0.29) is 5.91 Å². The highest BCUT2D eigenvalue weighted by atomic mass is 32.2. The number of ether oxygens (including phenoxy) is 1. The molecule has 0 atom stereocenters. The van der Waals surface area contributed by atoms with Crippen LogP contribution in [0.2, 0.25) is 0 Å². The number of hydrogen-bond acceptors (Lipinski definition) is 5. The first-order chi connectivity index (χ1) is 12.2. The molecule has 6 heteroatoms. The van der Waals surface area contributed by atoms with Crippen LogP contribution >= 0.6 is 23.1 Å². The minimum absolute atomic E-state index is 0.202. The van der Waals surface area contributed by atoms with E-state index in [1.807, 2.05) is 42.5 Å². The fraction of sp³-hybridized carbons (Fsp3) is 0.158. The summed E-state index contributed by atoms with van der Waals surface area (Å²) in [6, 6.07) is 17.1. The van der Waals surface area contributed by atoms with Gasteiger partial charge in [-0.05, 0) is 17.9 Å². The van der Waals surface area contributed by atoms with E-state index in [4.69, 9.17) is 9.72 Å². The van der Waals surface area contributed by atoms with Crippen molar-refractivity contribution in [3.63, 3.8) is 0 Å². The topological polar surface area (TPSA) is 51.2 Å². The predicted molar refractivity (Wildman–Crippen MR) is 105 cm³/mol. The number of thioether (sulfide) groups is 1. The average molecular weight is 370 g/mol. The molecule has 0 fully saturated rings. The van der Waals surface area contributed by atoms with Crippen LogP contribution in [0.5, 0.6) is 5.75 Å².